The first-order valence-electron chi connectivity index (χ1n) is 6.09. The van der Waals surface area contributed by atoms with Gasteiger partial charge in [0.1, 0.15) is 6.10 Å². The van der Waals surface area contributed by atoms with Gasteiger partial charge in [-0.05, 0) is 18.8 Å². The third-order valence-corrected chi connectivity index (χ3v) is 3.58. The van der Waals surface area contributed by atoms with Crippen LogP contribution < -0.4 is 5.73 Å². The highest BCUT2D eigenvalue weighted by Crippen LogP contribution is 2.26. The minimum atomic E-state index is -0.484. The van der Waals surface area contributed by atoms with Crippen LogP contribution in [0, 0.1) is 5.92 Å². The zero-order valence-electron chi connectivity index (χ0n) is 11.0. The number of amides is 1. The average Bonchev–Trinajstić information content (AvgIpc) is 2.29. The first-order valence-corrected chi connectivity index (χ1v) is 6.09. The van der Waals surface area contributed by atoms with Gasteiger partial charge in [-0.15, -0.1) is 12.4 Å². The number of carbonyl (C=O) groups is 1. The smallest absolute Gasteiger partial charge is 0.252 e. The largest absolute Gasteiger partial charge is 0.370 e. The number of likely N-dealkylation sites (N-methyl/N-ethyl adjacent to an activating group) is 1. The van der Waals surface area contributed by atoms with Gasteiger partial charge in [-0.1, -0.05) is 19.8 Å². The Balaban J connectivity index is 0.00000256. The predicted molar refractivity (Wildman–Crippen MR) is 71.3 cm³/mol. The third-order valence-electron chi connectivity index (χ3n) is 3.58. The second-order valence-corrected chi connectivity index (χ2v) is 4.83. The SMILES string of the molecule is COC(CN)C(=O)N(C)C1CCCC(C)C1.Cl. The quantitative estimate of drug-likeness (QED) is 0.836. The van der Waals surface area contributed by atoms with Crippen molar-refractivity contribution < 1.29 is 9.53 Å². The predicted octanol–water partition coefficient (Wildman–Crippen LogP) is 1.42. The van der Waals surface area contributed by atoms with Gasteiger partial charge in [0.25, 0.3) is 5.91 Å². The molecule has 0 bridgehead atoms. The molecule has 3 atom stereocenters. The molecule has 102 valence electrons. The van der Waals surface area contributed by atoms with Gasteiger partial charge in [0.15, 0.2) is 0 Å². The van der Waals surface area contributed by atoms with Crippen molar-refractivity contribution in [2.45, 2.75) is 44.8 Å². The number of carbonyl (C=O) groups excluding carboxylic acids is 1. The number of hydrogen-bond donors (Lipinski definition) is 1. The summed E-state index contributed by atoms with van der Waals surface area (Å²) in [5.74, 6) is 0.733. The molecule has 5 heteroatoms. The maximum atomic E-state index is 12.0. The van der Waals surface area contributed by atoms with Crippen LogP contribution in [0.3, 0.4) is 0 Å². The van der Waals surface area contributed by atoms with Crippen LogP contribution >= 0.6 is 12.4 Å². The van der Waals surface area contributed by atoms with Gasteiger partial charge < -0.3 is 15.4 Å². The lowest BCUT2D eigenvalue weighted by Gasteiger charge is -2.35. The van der Waals surface area contributed by atoms with Gasteiger partial charge in [-0.2, -0.15) is 0 Å². The summed E-state index contributed by atoms with van der Waals surface area (Å²) >= 11 is 0. The van der Waals surface area contributed by atoms with E-state index >= 15 is 0 Å². The van der Waals surface area contributed by atoms with E-state index in [2.05, 4.69) is 6.92 Å². The standard InChI is InChI=1S/C12H24N2O2.ClH/c1-9-5-4-6-10(7-9)14(2)12(15)11(8-13)16-3;/h9-11H,4-8,13H2,1-3H3;1H. The van der Waals surface area contributed by atoms with Crippen LogP contribution in [0.4, 0.5) is 0 Å². The maximum Gasteiger partial charge on any atom is 0.252 e. The maximum absolute atomic E-state index is 12.0. The van der Waals surface area contributed by atoms with Gasteiger partial charge >= 0.3 is 0 Å². The van der Waals surface area contributed by atoms with E-state index in [4.69, 9.17) is 10.5 Å². The number of rotatable bonds is 4. The monoisotopic (exact) mass is 264 g/mol. The van der Waals surface area contributed by atoms with Crippen molar-refractivity contribution in [2.24, 2.45) is 11.7 Å². The van der Waals surface area contributed by atoms with E-state index < -0.39 is 6.10 Å². The van der Waals surface area contributed by atoms with Crippen molar-refractivity contribution >= 4 is 18.3 Å². The molecule has 1 amide bonds. The number of methoxy groups -OCH3 is 1. The summed E-state index contributed by atoms with van der Waals surface area (Å²) in [6, 6.07) is 0.362. The molecule has 0 aliphatic heterocycles. The molecule has 0 aromatic heterocycles. The fraction of sp³-hybridized carbons (Fsp3) is 0.917. The lowest BCUT2D eigenvalue weighted by atomic mass is 9.86. The molecule has 1 rings (SSSR count). The molecule has 0 aromatic rings. The van der Waals surface area contributed by atoms with E-state index in [0.29, 0.717) is 12.0 Å². The molecule has 0 aromatic carbocycles. The van der Waals surface area contributed by atoms with Crippen molar-refractivity contribution in [3.05, 3.63) is 0 Å². The van der Waals surface area contributed by atoms with Crippen LogP contribution in [-0.4, -0.2) is 43.7 Å². The van der Waals surface area contributed by atoms with Crippen molar-refractivity contribution in [1.82, 2.24) is 4.90 Å². The zero-order valence-corrected chi connectivity index (χ0v) is 11.8. The van der Waals surface area contributed by atoms with Crippen LogP contribution in [0.15, 0.2) is 0 Å². The summed E-state index contributed by atoms with van der Waals surface area (Å²) < 4.78 is 5.08. The molecule has 0 radical (unpaired) electrons. The Hall–Kier alpha value is -0.320. The molecule has 17 heavy (non-hydrogen) atoms. The van der Waals surface area contributed by atoms with Gasteiger partial charge in [0, 0.05) is 26.7 Å². The fourth-order valence-corrected chi connectivity index (χ4v) is 2.46. The van der Waals surface area contributed by atoms with Crippen molar-refractivity contribution in [2.75, 3.05) is 20.7 Å². The van der Waals surface area contributed by atoms with Gasteiger partial charge in [0.2, 0.25) is 0 Å². The molecule has 1 aliphatic rings. The highest BCUT2D eigenvalue weighted by atomic mass is 35.5. The minimum Gasteiger partial charge on any atom is -0.370 e. The fourth-order valence-electron chi connectivity index (χ4n) is 2.46. The third kappa shape index (κ3) is 4.45. The number of halogens is 1. The molecule has 0 spiro atoms. The summed E-state index contributed by atoms with van der Waals surface area (Å²) in [6.07, 6.45) is 4.21. The zero-order chi connectivity index (χ0) is 12.1. The molecule has 0 heterocycles. The Labute approximate surface area is 110 Å². The number of nitrogens with zero attached hydrogens (tertiary/aromatic N) is 1. The summed E-state index contributed by atoms with van der Waals surface area (Å²) in [7, 11) is 3.40. The van der Waals surface area contributed by atoms with E-state index in [1.807, 2.05) is 11.9 Å². The molecule has 1 aliphatic carbocycles. The number of hydrogen-bond acceptors (Lipinski definition) is 3. The molecule has 4 nitrogen and oxygen atoms in total. The Morgan fingerprint density at radius 1 is 1.53 bits per heavy atom. The lowest BCUT2D eigenvalue weighted by molar-refractivity contribution is -0.143. The molecule has 3 unspecified atom stereocenters. The highest BCUT2D eigenvalue weighted by Gasteiger charge is 2.28. The van der Waals surface area contributed by atoms with E-state index in [1.54, 1.807) is 0 Å². The molecule has 1 saturated carbocycles. The second-order valence-electron chi connectivity index (χ2n) is 4.83. The average molecular weight is 265 g/mol. The molecule has 1 fully saturated rings. The molecule has 0 saturated heterocycles. The van der Waals surface area contributed by atoms with Crippen molar-refractivity contribution in [1.29, 1.82) is 0 Å². The lowest BCUT2D eigenvalue weighted by Crippen LogP contribution is -2.47. The Morgan fingerprint density at radius 2 is 2.18 bits per heavy atom. The van der Waals surface area contributed by atoms with Crippen LogP contribution in [0.1, 0.15) is 32.6 Å². The normalized spacial score (nSPS) is 25.9. The number of nitrogens with two attached hydrogens (primary N) is 1. The highest BCUT2D eigenvalue weighted by molar-refractivity contribution is 5.85. The first-order chi connectivity index (χ1) is 7.60. The van der Waals surface area contributed by atoms with Crippen molar-refractivity contribution in [3.8, 4) is 0 Å². The summed E-state index contributed by atoms with van der Waals surface area (Å²) in [5, 5.41) is 0. The minimum absolute atomic E-state index is 0. The van der Waals surface area contributed by atoms with Crippen LogP contribution in [0.25, 0.3) is 0 Å². The first kappa shape index (κ1) is 16.7. The van der Waals surface area contributed by atoms with Crippen LogP contribution in [0.2, 0.25) is 0 Å². The molecule has 2 N–H and O–H groups in total. The summed E-state index contributed by atoms with van der Waals surface area (Å²) in [6.45, 7) is 2.50. The number of ether oxygens (including phenoxy) is 1. The van der Waals surface area contributed by atoms with Crippen LogP contribution in [-0.2, 0) is 9.53 Å². The summed E-state index contributed by atoms with van der Waals surface area (Å²) in [5.41, 5.74) is 5.51. The van der Waals surface area contributed by atoms with Gasteiger partial charge in [0.05, 0.1) is 0 Å². The van der Waals surface area contributed by atoms with Gasteiger partial charge in [-0.25, -0.2) is 0 Å². The molecular weight excluding hydrogens is 240 g/mol. The van der Waals surface area contributed by atoms with E-state index in [-0.39, 0.29) is 24.9 Å². The Kier molecular flexibility index (Phi) is 7.75. The van der Waals surface area contributed by atoms with Crippen molar-refractivity contribution in [3.63, 3.8) is 0 Å². The topological polar surface area (TPSA) is 55.6 Å². The van der Waals surface area contributed by atoms with Crippen LogP contribution in [0.5, 0.6) is 0 Å². The second kappa shape index (κ2) is 7.90. The van der Waals surface area contributed by atoms with E-state index in [1.165, 1.54) is 20.0 Å². The van der Waals surface area contributed by atoms with E-state index in [9.17, 15) is 4.79 Å². The Bertz CT molecular complexity index is 235. The summed E-state index contributed by atoms with van der Waals surface area (Å²) in [4.78, 5) is 13.9. The Morgan fingerprint density at radius 3 is 2.65 bits per heavy atom. The molecular formula is C12H25ClN2O2. The van der Waals surface area contributed by atoms with Gasteiger partial charge in [-0.3, -0.25) is 4.79 Å². The van der Waals surface area contributed by atoms with E-state index in [0.717, 1.165) is 12.8 Å².